The fourth-order valence-corrected chi connectivity index (χ4v) is 1.64. The number of nitro benzene ring substituents is 1. The second-order valence-electron chi connectivity index (χ2n) is 3.77. The van der Waals surface area contributed by atoms with Crippen molar-refractivity contribution in [2.45, 2.75) is 13.0 Å². The topological polar surface area (TPSA) is 99.9 Å². The Kier molecular flexibility index (Phi) is 3.26. The number of rotatable bonds is 3. The highest BCUT2D eigenvalue weighted by Gasteiger charge is 2.14. The minimum atomic E-state index is -0.541. The summed E-state index contributed by atoms with van der Waals surface area (Å²) >= 11 is 5.82. The third kappa shape index (κ3) is 2.31. The summed E-state index contributed by atoms with van der Waals surface area (Å²) < 4.78 is 1.47. The molecule has 0 fully saturated rings. The van der Waals surface area contributed by atoms with E-state index in [1.807, 2.05) is 0 Å². The molecule has 0 radical (unpaired) electrons. The maximum atomic E-state index is 10.6. The summed E-state index contributed by atoms with van der Waals surface area (Å²) in [6.45, 7) is 1.79. The molecular weight excluding hydrogens is 258 g/mol. The first-order chi connectivity index (χ1) is 8.49. The monoisotopic (exact) mass is 267 g/mol. The molecule has 1 aromatic carbocycles. The molecule has 2 rings (SSSR count). The van der Waals surface area contributed by atoms with Crippen molar-refractivity contribution in [2.75, 3.05) is 0 Å². The molecule has 94 valence electrons. The van der Waals surface area contributed by atoms with E-state index in [4.69, 9.17) is 17.3 Å². The van der Waals surface area contributed by atoms with Gasteiger partial charge >= 0.3 is 0 Å². The molecule has 8 heteroatoms. The number of hydrogen-bond acceptors (Lipinski definition) is 5. The normalized spacial score (nSPS) is 12.4. The lowest BCUT2D eigenvalue weighted by Gasteiger charge is -2.01. The molecule has 7 nitrogen and oxygen atoms in total. The molecule has 0 aliphatic rings. The van der Waals surface area contributed by atoms with Gasteiger partial charge in [-0.1, -0.05) is 16.8 Å². The van der Waals surface area contributed by atoms with E-state index in [0.29, 0.717) is 11.4 Å². The van der Waals surface area contributed by atoms with E-state index < -0.39 is 4.92 Å². The Morgan fingerprint density at radius 1 is 1.56 bits per heavy atom. The quantitative estimate of drug-likeness (QED) is 0.676. The molecule has 0 aliphatic carbocycles. The highest BCUT2D eigenvalue weighted by Crippen LogP contribution is 2.26. The van der Waals surface area contributed by atoms with E-state index in [0.717, 1.165) is 0 Å². The maximum Gasteiger partial charge on any atom is 0.288 e. The summed E-state index contributed by atoms with van der Waals surface area (Å²) in [5.41, 5.74) is 6.74. The molecule has 2 aromatic rings. The molecule has 18 heavy (non-hydrogen) atoms. The van der Waals surface area contributed by atoms with E-state index in [1.54, 1.807) is 19.2 Å². The molecule has 0 spiro atoms. The van der Waals surface area contributed by atoms with Crippen LogP contribution >= 0.6 is 11.6 Å². The Hall–Kier alpha value is -1.99. The molecule has 2 N–H and O–H groups in total. The zero-order valence-electron chi connectivity index (χ0n) is 9.45. The van der Waals surface area contributed by atoms with Gasteiger partial charge in [-0.3, -0.25) is 10.1 Å². The second kappa shape index (κ2) is 4.71. The zero-order chi connectivity index (χ0) is 13.3. The summed E-state index contributed by atoms with van der Waals surface area (Å²) in [5, 5.41) is 18.5. The zero-order valence-corrected chi connectivity index (χ0v) is 10.2. The van der Waals surface area contributed by atoms with Gasteiger partial charge in [-0.25, -0.2) is 4.68 Å². The van der Waals surface area contributed by atoms with Crippen molar-refractivity contribution in [3.8, 4) is 5.69 Å². The molecule has 1 unspecified atom stereocenters. The van der Waals surface area contributed by atoms with Gasteiger partial charge in [0.05, 0.1) is 22.5 Å². The molecule has 1 atom stereocenters. The van der Waals surface area contributed by atoms with Gasteiger partial charge in [-0.15, -0.1) is 5.10 Å². The largest absolute Gasteiger partial charge is 0.323 e. The lowest BCUT2D eigenvalue weighted by atomic mass is 10.2. The van der Waals surface area contributed by atoms with Crippen molar-refractivity contribution in [3.63, 3.8) is 0 Å². The fraction of sp³-hybridized carbons (Fsp3) is 0.200. The van der Waals surface area contributed by atoms with Crippen LogP contribution in [0.3, 0.4) is 0 Å². The lowest BCUT2D eigenvalue weighted by Crippen LogP contribution is -2.04. The smallest absolute Gasteiger partial charge is 0.288 e. The first-order valence-corrected chi connectivity index (χ1v) is 5.49. The highest BCUT2D eigenvalue weighted by atomic mass is 35.5. The van der Waals surface area contributed by atoms with Crippen LogP contribution in [0.25, 0.3) is 5.69 Å². The van der Waals surface area contributed by atoms with Gasteiger partial charge in [-0.05, 0) is 19.1 Å². The van der Waals surface area contributed by atoms with Gasteiger partial charge in [0.1, 0.15) is 5.02 Å². The Labute approximate surface area is 107 Å². The van der Waals surface area contributed by atoms with Crippen molar-refractivity contribution in [2.24, 2.45) is 5.73 Å². The number of halogens is 1. The van der Waals surface area contributed by atoms with Crippen LogP contribution in [0.1, 0.15) is 18.7 Å². The SMILES string of the molecule is CC(N)c1cn(-c2ccc([N+](=O)[O-])c(Cl)c2)nn1. The summed E-state index contributed by atoms with van der Waals surface area (Å²) in [6, 6.07) is 4.10. The number of hydrogen-bond donors (Lipinski definition) is 1. The van der Waals surface area contributed by atoms with E-state index in [-0.39, 0.29) is 16.8 Å². The molecule has 0 amide bonds. The first kappa shape index (κ1) is 12.5. The van der Waals surface area contributed by atoms with Gasteiger partial charge < -0.3 is 5.73 Å². The van der Waals surface area contributed by atoms with Crippen molar-refractivity contribution in [3.05, 3.63) is 45.2 Å². The second-order valence-corrected chi connectivity index (χ2v) is 4.18. The van der Waals surface area contributed by atoms with Gasteiger partial charge in [0, 0.05) is 12.1 Å². The maximum absolute atomic E-state index is 10.6. The average molecular weight is 268 g/mol. The Balaban J connectivity index is 2.39. The van der Waals surface area contributed by atoms with Crippen LogP contribution in [0.5, 0.6) is 0 Å². The minimum absolute atomic E-state index is 0.0512. The Morgan fingerprint density at radius 3 is 2.78 bits per heavy atom. The molecule has 0 aliphatic heterocycles. The van der Waals surface area contributed by atoms with Gasteiger partial charge in [-0.2, -0.15) is 0 Å². The van der Waals surface area contributed by atoms with Crippen LogP contribution in [0.15, 0.2) is 24.4 Å². The van der Waals surface area contributed by atoms with Crippen molar-refractivity contribution in [1.29, 1.82) is 0 Å². The standard InChI is InChI=1S/C10H10ClN5O2/c1-6(12)9-5-15(14-13-9)7-2-3-10(16(17)18)8(11)4-7/h2-6H,12H2,1H3. The van der Waals surface area contributed by atoms with E-state index >= 15 is 0 Å². The van der Waals surface area contributed by atoms with Crippen LogP contribution in [0, 0.1) is 10.1 Å². The third-order valence-corrected chi connectivity index (χ3v) is 2.67. The molecule has 0 saturated carbocycles. The lowest BCUT2D eigenvalue weighted by molar-refractivity contribution is -0.384. The van der Waals surface area contributed by atoms with E-state index in [1.165, 1.54) is 16.8 Å². The van der Waals surface area contributed by atoms with Crippen LogP contribution in [0.2, 0.25) is 5.02 Å². The number of nitrogens with two attached hydrogens (primary N) is 1. The van der Waals surface area contributed by atoms with Crippen molar-refractivity contribution in [1.82, 2.24) is 15.0 Å². The van der Waals surface area contributed by atoms with Gasteiger partial charge in [0.25, 0.3) is 5.69 Å². The predicted octanol–water partition coefficient (Wildman–Crippen LogP) is 1.85. The first-order valence-electron chi connectivity index (χ1n) is 5.11. The summed E-state index contributed by atoms with van der Waals surface area (Å²) in [4.78, 5) is 10.1. The predicted molar refractivity (Wildman–Crippen MR) is 65.6 cm³/mol. The minimum Gasteiger partial charge on any atom is -0.323 e. The molecule has 1 heterocycles. The van der Waals surface area contributed by atoms with E-state index in [9.17, 15) is 10.1 Å². The van der Waals surface area contributed by atoms with Crippen LogP contribution < -0.4 is 5.73 Å². The Bertz CT molecular complexity index is 596. The molecule has 1 aromatic heterocycles. The summed E-state index contributed by atoms with van der Waals surface area (Å²) in [7, 11) is 0. The summed E-state index contributed by atoms with van der Waals surface area (Å²) in [5.74, 6) is 0. The average Bonchev–Trinajstić information content (AvgIpc) is 2.77. The van der Waals surface area contributed by atoms with Crippen molar-refractivity contribution >= 4 is 17.3 Å². The Morgan fingerprint density at radius 2 is 2.28 bits per heavy atom. The number of nitrogens with zero attached hydrogens (tertiary/aromatic N) is 4. The van der Waals surface area contributed by atoms with Crippen LogP contribution in [-0.4, -0.2) is 19.9 Å². The molecule has 0 saturated heterocycles. The molecule has 0 bridgehead atoms. The van der Waals surface area contributed by atoms with Crippen LogP contribution in [-0.2, 0) is 0 Å². The van der Waals surface area contributed by atoms with Gasteiger partial charge in [0.2, 0.25) is 0 Å². The number of aromatic nitrogens is 3. The molecular formula is C10H10ClN5O2. The summed E-state index contributed by atoms with van der Waals surface area (Å²) in [6.07, 6.45) is 1.65. The van der Waals surface area contributed by atoms with Crippen molar-refractivity contribution < 1.29 is 4.92 Å². The third-order valence-electron chi connectivity index (χ3n) is 2.37. The van der Waals surface area contributed by atoms with Crippen LogP contribution in [0.4, 0.5) is 5.69 Å². The van der Waals surface area contributed by atoms with E-state index in [2.05, 4.69) is 10.3 Å². The highest BCUT2D eigenvalue weighted by molar-refractivity contribution is 6.32. The van der Waals surface area contributed by atoms with Gasteiger partial charge in [0.15, 0.2) is 0 Å². The number of benzene rings is 1. The number of nitro groups is 1. The fourth-order valence-electron chi connectivity index (χ4n) is 1.40.